The van der Waals surface area contributed by atoms with E-state index >= 15 is 0 Å². The molecule has 10 nitrogen and oxygen atoms in total. The molecule has 162 valence electrons. The van der Waals surface area contributed by atoms with E-state index < -0.39 is 17.9 Å². The summed E-state index contributed by atoms with van der Waals surface area (Å²) >= 11 is 0. The third kappa shape index (κ3) is 4.81. The Kier molecular flexibility index (Phi) is 6.83. The molecule has 0 spiro atoms. The predicted molar refractivity (Wildman–Crippen MR) is 109 cm³/mol. The third-order valence-corrected chi connectivity index (χ3v) is 4.57. The average molecular weight is 427 g/mol. The number of benzene rings is 1. The lowest BCUT2D eigenvalue weighted by Crippen LogP contribution is -2.39. The average Bonchev–Trinajstić information content (AvgIpc) is 2.81. The number of nitrogens with zero attached hydrogens (tertiary/aromatic N) is 2. The molecule has 1 aromatic carbocycles. The summed E-state index contributed by atoms with van der Waals surface area (Å²) in [6, 6.07) is 8.08. The number of aromatic carboxylic acids is 1. The van der Waals surface area contributed by atoms with Gasteiger partial charge in [-0.05, 0) is 29.8 Å². The largest absolute Gasteiger partial charge is 0.478 e. The highest BCUT2D eigenvalue weighted by atomic mass is 16.5. The number of esters is 2. The maximum absolute atomic E-state index is 12.6. The molecule has 31 heavy (non-hydrogen) atoms. The van der Waals surface area contributed by atoms with Gasteiger partial charge in [0.1, 0.15) is 12.4 Å². The third-order valence-electron chi connectivity index (χ3n) is 4.57. The Morgan fingerprint density at radius 2 is 1.97 bits per heavy atom. The monoisotopic (exact) mass is 427 g/mol. The number of aromatic nitrogens is 1. The molecule has 0 amide bonds. The number of carbonyl (C=O) groups excluding carboxylic acids is 2. The molecule has 0 unspecified atom stereocenters. The quantitative estimate of drug-likeness (QED) is 0.631. The van der Waals surface area contributed by atoms with Crippen molar-refractivity contribution in [3.05, 3.63) is 65.1 Å². The van der Waals surface area contributed by atoms with Crippen LogP contribution in [0.25, 0.3) is 0 Å². The van der Waals surface area contributed by atoms with Crippen LogP contribution in [-0.2, 0) is 30.3 Å². The van der Waals surface area contributed by atoms with Crippen molar-refractivity contribution in [2.45, 2.75) is 6.54 Å². The zero-order valence-corrected chi connectivity index (χ0v) is 17.0. The van der Waals surface area contributed by atoms with E-state index in [4.69, 9.17) is 14.2 Å². The Balaban J connectivity index is 2.08. The zero-order valence-electron chi connectivity index (χ0n) is 17.0. The Hall–Kier alpha value is -3.92. The van der Waals surface area contributed by atoms with Crippen molar-refractivity contribution in [3.8, 4) is 0 Å². The number of hydrogen-bond donors (Lipinski definition) is 2. The van der Waals surface area contributed by atoms with E-state index in [0.29, 0.717) is 17.9 Å². The van der Waals surface area contributed by atoms with Crippen LogP contribution in [-0.4, -0.2) is 55.6 Å². The molecule has 0 atom stereocenters. The molecule has 0 fully saturated rings. The summed E-state index contributed by atoms with van der Waals surface area (Å²) < 4.78 is 15.1. The first-order chi connectivity index (χ1) is 15.0. The summed E-state index contributed by atoms with van der Waals surface area (Å²) in [7, 11) is 2.38. The first kappa shape index (κ1) is 21.8. The molecule has 2 N–H and O–H groups in total. The van der Waals surface area contributed by atoms with Crippen molar-refractivity contribution in [1.29, 1.82) is 0 Å². The SMILES string of the molecule is COC(=O)C1=C(C(=O)OC)N(c2cc(C(=O)O)ccc2NCc2cccnc2)COC1. The number of nitrogens with one attached hydrogen (secondary N) is 1. The van der Waals surface area contributed by atoms with Crippen molar-refractivity contribution in [3.63, 3.8) is 0 Å². The van der Waals surface area contributed by atoms with Crippen molar-refractivity contribution in [2.75, 3.05) is 37.8 Å². The topological polar surface area (TPSA) is 127 Å². The van der Waals surface area contributed by atoms with Crippen LogP contribution in [0.3, 0.4) is 0 Å². The van der Waals surface area contributed by atoms with E-state index in [2.05, 4.69) is 10.3 Å². The molecule has 10 heteroatoms. The second kappa shape index (κ2) is 9.72. The molecule has 0 saturated heterocycles. The lowest BCUT2D eigenvalue weighted by molar-refractivity contribution is -0.140. The molecule has 1 aliphatic rings. The van der Waals surface area contributed by atoms with Gasteiger partial charge in [-0.1, -0.05) is 6.07 Å². The van der Waals surface area contributed by atoms with Crippen molar-refractivity contribution in [2.24, 2.45) is 0 Å². The summed E-state index contributed by atoms with van der Waals surface area (Å²) in [5.74, 6) is -2.67. The van der Waals surface area contributed by atoms with Gasteiger partial charge in [-0.15, -0.1) is 0 Å². The first-order valence-electron chi connectivity index (χ1n) is 9.21. The number of carbonyl (C=O) groups is 3. The van der Waals surface area contributed by atoms with Crippen LogP contribution in [0.15, 0.2) is 54.0 Å². The van der Waals surface area contributed by atoms with Gasteiger partial charge in [-0.3, -0.25) is 4.98 Å². The summed E-state index contributed by atoms with van der Waals surface area (Å²) in [5.41, 5.74) is 1.63. The standard InChI is InChI=1S/C21H21N3O7/c1-29-20(27)15-11-31-12-24(18(15)21(28)30-2)17-8-14(19(25)26)5-6-16(17)23-10-13-4-3-7-22-9-13/h3-9,23H,10-12H2,1-2H3,(H,25,26). The number of methoxy groups -OCH3 is 2. The highest BCUT2D eigenvalue weighted by Crippen LogP contribution is 2.34. The van der Waals surface area contributed by atoms with Gasteiger partial charge >= 0.3 is 17.9 Å². The number of pyridine rings is 1. The molecule has 0 aliphatic carbocycles. The van der Waals surface area contributed by atoms with E-state index in [1.807, 2.05) is 6.07 Å². The van der Waals surface area contributed by atoms with Gasteiger partial charge in [0.05, 0.1) is 43.3 Å². The molecule has 0 saturated carbocycles. The van der Waals surface area contributed by atoms with Crippen molar-refractivity contribution < 1.29 is 33.7 Å². The highest BCUT2D eigenvalue weighted by Gasteiger charge is 2.33. The lowest BCUT2D eigenvalue weighted by atomic mass is 10.1. The van der Waals surface area contributed by atoms with Gasteiger partial charge in [-0.25, -0.2) is 14.4 Å². The fourth-order valence-electron chi connectivity index (χ4n) is 3.07. The number of hydrogen-bond acceptors (Lipinski definition) is 9. The van der Waals surface area contributed by atoms with Crippen LogP contribution in [0.5, 0.6) is 0 Å². The van der Waals surface area contributed by atoms with E-state index in [1.54, 1.807) is 24.5 Å². The molecule has 1 aromatic heterocycles. The van der Waals surface area contributed by atoms with Crippen molar-refractivity contribution >= 4 is 29.3 Å². The van der Waals surface area contributed by atoms with Crippen LogP contribution < -0.4 is 10.2 Å². The van der Waals surface area contributed by atoms with Gasteiger partial charge < -0.3 is 29.5 Å². The summed E-state index contributed by atoms with van der Waals surface area (Å²) in [4.78, 5) is 41.8. The molecule has 1 aliphatic heterocycles. The van der Waals surface area contributed by atoms with Gasteiger partial charge in [0, 0.05) is 18.9 Å². The molecular formula is C21H21N3O7. The molecule has 0 radical (unpaired) electrons. The molecule has 2 heterocycles. The van der Waals surface area contributed by atoms with E-state index in [0.717, 1.165) is 5.56 Å². The summed E-state index contributed by atoms with van der Waals surface area (Å²) in [6.45, 7) is 0.142. The Morgan fingerprint density at radius 3 is 2.61 bits per heavy atom. The van der Waals surface area contributed by atoms with Crippen LogP contribution in [0.1, 0.15) is 15.9 Å². The number of carboxylic acid groups (broad SMARTS) is 1. The Morgan fingerprint density at radius 1 is 1.19 bits per heavy atom. The van der Waals surface area contributed by atoms with E-state index in [-0.39, 0.29) is 30.2 Å². The minimum atomic E-state index is -1.14. The van der Waals surface area contributed by atoms with Crippen LogP contribution in [0.2, 0.25) is 0 Å². The van der Waals surface area contributed by atoms with Crippen LogP contribution in [0, 0.1) is 0 Å². The molecule has 2 aromatic rings. The fourth-order valence-corrected chi connectivity index (χ4v) is 3.07. The Bertz CT molecular complexity index is 1020. The second-order valence-corrected chi connectivity index (χ2v) is 6.47. The first-order valence-corrected chi connectivity index (χ1v) is 9.21. The summed E-state index contributed by atoms with van der Waals surface area (Å²) in [6.07, 6.45) is 3.35. The highest BCUT2D eigenvalue weighted by molar-refractivity contribution is 6.04. The lowest BCUT2D eigenvalue weighted by Gasteiger charge is -2.32. The van der Waals surface area contributed by atoms with Gasteiger partial charge in [0.2, 0.25) is 0 Å². The summed E-state index contributed by atoms with van der Waals surface area (Å²) in [5, 5.41) is 12.7. The van der Waals surface area contributed by atoms with Gasteiger partial charge in [-0.2, -0.15) is 0 Å². The van der Waals surface area contributed by atoms with Crippen LogP contribution in [0.4, 0.5) is 11.4 Å². The van der Waals surface area contributed by atoms with Crippen molar-refractivity contribution in [1.82, 2.24) is 4.98 Å². The predicted octanol–water partition coefficient (Wildman–Crippen LogP) is 1.79. The number of ether oxygens (including phenoxy) is 3. The normalized spacial score (nSPS) is 13.5. The smallest absolute Gasteiger partial charge is 0.355 e. The second-order valence-electron chi connectivity index (χ2n) is 6.47. The fraction of sp³-hybridized carbons (Fsp3) is 0.238. The maximum atomic E-state index is 12.6. The van der Waals surface area contributed by atoms with E-state index in [9.17, 15) is 19.5 Å². The minimum Gasteiger partial charge on any atom is -0.478 e. The number of carboxylic acids is 1. The Labute approximate surface area is 178 Å². The number of anilines is 2. The number of rotatable bonds is 7. The molecule has 3 rings (SSSR count). The maximum Gasteiger partial charge on any atom is 0.355 e. The minimum absolute atomic E-state index is 0.00339. The van der Waals surface area contributed by atoms with Crippen LogP contribution >= 0.6 is 0 Å². The molecule has 0 bridgehead atoms. The van der Waals surface area contributed by atoms with Gasteiger partial charge in [0.15, 0.2) is 0 Å². The molecular weight excluding hydrogens is 406 g/mol. The van der Waals surface area contributed by atoms with E-state index in [1.165, 1.54) is 31.3 Å². The van der Waals surface area contributed by atoms with Gasteiger partial charge in [0.25, 0.3) is 0 Å². The zero-order chi connectivity index (χ0) is 22.4.